The van der Waals surface area contributed by atoms with Crippen LogP contribution in [0.5, 0.6) is 0 Å². The zero-order chi connectivity index (χ0) is 12.7. The molecule has 0 fully saturated rings. The number of hydrogen-bond acceptors (Lipinski definition) is 3. The summed E-state index contributed by atoms with van der Waals surface area (Å²) in [6.45, 7) is 1.88. The van der Waals surface area contributed by atoms with E-state index in [0.717, 1.165) is 4.88 Å². The highest BCUT2D eigenvalue weighted by atomic mass is 32.1. The smallest absolute Gasteiger partial charge is 0.326 e. The summed E-state index contributed by atoms with van der Waals surface area (Å²) in [5.74, 6) is -1.37. The van der Waals surface area contributed by atoms with Crippen LogP contribution >= 0.6 is 11.3 Å². The zero-order valence-corrected chi connectivity index (χ0v) is 10.4. The molecule has 1 aromatic rings. The minimum Gasteiger partial charge on any atom is -0.480 e. The number of carboxylic acids is 1. The van der Waals surface area contributed by atoms with Crippen molar-refractivity contribution in [2.45, 2.75) is 25.8 Å². The molecule has 5 heteroatoms. The first-order valence-electron chi connectivity index (χ1n) is 5.38. The van der Waals surface area contributed by atoms with E-state index in [9.17, 15) is 9.59 Å². The summed E-state index contributed by atoms with van der Waals surface area (Å²) < 4.78 is 0. The van der Waals surface area contributed by atoms with Crippen molar-refractivity contribution in [3.05, 3.63) is 28.5 Å². The molecule has 0 radical (unpaired) electrons. The van der Waals surface area contributed by atoms with Gasteiger partial charge < -0.3 is 10.4 Å². The van der Waals surface area contributed by atoms with Crippen LogP contribution < -0.4 is 5.32 Å². The molecule has 0 saturated carbocycles. The maximum absolute atomic E-state index is 11.5. The summed E-state index contributed by atoms with van der Waals surface area (Å²) in [5, 5.41) is 13.2. The Morgan fingerprint density at radius 3 is 2.88 bits per heavy atom. The van der Waals surface area contributed by atoms with Crippen molar-refractivity contribution in [2.24, 2.45) is 0 Å². The first kappa shape index (κ1) is 13.4. The van der Waals surface area contributed by atoms with E-state index in [1.807, 2.05) is 24.4 Å². The number of carboxylic acid groups (broad SMARTS) is 1. The molecule has 0 aliphatic rings. The number of hydrogen-bond donors (Lipinski definition) is 2. The topological polar surface area (TPSA) is 66.4 Å². The molecular formula is C12H15NO3S. The highest BCUT2D eigenvalue weighted by Gasteiger charge is 2.17. The fraction of sp³-hybridized carbons (Fsp3) is 0.333. The second-order valence-corrected chi connectivity index (χ2v) is 4.52. The average Bonchev–Trinajstić information content (AvgIpc) is 2.78. The number of carbonyl (C=O) groups is 2. The van der Waals surface area contributed by atoms with E-state index < -0.39 is 12.0 Å². The number of thiophene rings is 1. The van der Waals surface area contributed by atoms with Gasteiger partial charge in [0.15, 0.2) is 0 Å². The molecule has 0 saturated heterocycles. The Balaban J connectivity index is 2.50. The van der Waals surface area contributed by atoms with Gasteiger partial charge in [-0.3, -0.25) is 4.79 Å². The summed E-state index contributed by atoms with van der Waals surface area (Å²) in [4.78, 5) is 23.3. The second-order valence-electron chi connectivity index (χ2n) is 3.54. The maximum atomic E-state index is 11.5. The fourth-order valence-corrected chi connectivity index (χ4v) is 1.93. The average molecular weight is 253 g/mol. The minimum atomic E-state index is -0.996. The quantitative estimate of drug-likeness (QED) is 0.763. The zero-order valence-electron chi connectivity index (χ0n) is 9.55. The highest BCUT2D eigenvalue weighted by Crippen LogP contribution is 2.09. The van der Waals surface area contributed by atoms with Gasteiger partial charge in [0, 0.05) is 11.0 Å². The third kappa shape index (κ3) is 4.82. The number of rotatable bonds is 6. The largest absolute Gasteiger partial charge is 0.480 e. The van der Waals surface area contributed by atoms with E-state index in [0.29, 0.717) is 12.8 Å². The van der Waals surface area contributed by atoms with Crippen LogP contribution in [0.4, 0.5) is 0 Å². The van der Waals surface area contributed by atoms with Crippen molar-refractivity contribution in [3.63, 3.8) is 0 Å². The van der Waals surface area contributed by atoms with Gasteiger partial charge in [0.2, 0.25) is 5.91 Å². The van der Waals surface area contributed by atoms with Gasteiger partial charge in [0.05, 0.1) is 0 Å². The minimum absolute atomic E-state index is 0.376. The Kier molecular flexibility index (Phi) is 5.42. The Hall–Kier alpha value is -1.62. The summed E-state index contributed by atoms with van der Waals surface area (Å²) in [6.07, 6.45) is 4.18. The van der Waals surface area contributed by atoms with Crippen molar-refractivity contribution in [1.29, 1.82) is 0 Å². The normalized spacial score (nSPS) is 12.5. The molecule has 4 nitrogen and oxygen atoms in total. The van der Waals surface area contributed by atoms with E-state index in [1.165, 1.54) is 17.4 Å². The number of amides is 1. The van der Waals surface area contributed by atoms with Crippen LogP contribution in [-0.2, 0) is 9.59 Å². The van der Waals surface area contributed by atoms with Gasteiger partial charge in [-0.15, -0.1) is 11.3 Å². The molecule has 1 aromatic heterocycles. The number of nitrogens with one attached hydrogen (secondary N) is 1. The Morgan fingerprint density at radius 1 is 1.59 bits per heavy atom. The molecule has 1 heterocycles. The molecule has 1 unspecified atom stereocenters. The molecule has 2 N–H and O–H groups in total. The lowest BCUT2D eigenvalue weighted by Crippen LogP contribution is -2.39. The lowest BCUT2D eigenvalue weighted by Gasteiger charge is -2.11. The van der Waals surface area contributed by atoms with Gasteiger partial charge in [-0.1, -0.05) is 19.4 Å². The molecule has 1 rings (SSSR count). The second kappa shape index (κ2) is 6.85. The van der Waals surface area contributed by atoms with Crippen LogP contribution in [0.15, 0.2) is 23.6 Å². The van der Waals surface area contributed by atoms with Crippen LogP contribution in [0.25, 0.3) is 6.08 Å². The van der Waals surface area contributed by atoms with Gasteiger partial charge in [0.1, 0.15) is 6.04 Å². The summed E-state index contributed by atoms with van der Waals surface area (Å²) >= 11 is 1.52. The van der Waals surface area contributed by atoms with E-state index in [1.54, 1.807) is 6.08 Å². The lowest BCUT2D eigenvalue weighted by atomic mass is 10.1. The van der Waals surface area contributed by atoms with Crippen molar-refractivity contribution in [2.75, 3.05) is 0 Å². The lowest BCUT2D eigenvalue weighted by molar-refractivity contribution is -0.141. The van der Waals surface area contributed by atoms with Gasteiger partial charge in [-0.25, -0.2) is 4.79 Å². The van der Waals surface area contributed by atoms with Crippen LogP contribution in [0.3, 0.4) is 0 Å². The maximum Gasteiger partial charge on any atom is 0.326 e. The molecule has 0 spiro atoms. The predicted octanol–water partition coefficient (Wildman–Crippen LogP) is 2.13. The number of carbonyl (C=O) groups excluding carboxylic acids is 1. The monoisotopic (exact) mass is 253 g/mol. The SMILES string of the molecule is CCCC(NC(=O)/C=C/c1cccs1)C(=O)O. The van der Waals surface area contributed by atoms with Crippen LogP contribution in [0.2, 0.25) is 0 Å². The first-order chi connectivity index (χ1) is 8.13. The summed E-state index contributed by atoms with van der Waals surface area (Å²) in [6, 6.07) is 2.97. The van der Waals surface area contributed by atoms with Crippen LogP contribution in [0.1, 0.15) is 24.6 Å². The van der Waals surface area contributed by atoms with Gasteiger partial charge in [-0.2, -0.15) is 0 Å². The van der Waals surface area contributed by atoms with Crippen molar-refractivity contribution in [3.8, 4) is 0 Å². The summed E-state index contributed by atoms with van der Waals surface area (Å²) in [5.41, 5.74) is 0. The summed E-state index contributed by atoms with van der Waals surface area (Å²) in [7, 11) is 0. The molecule has 0 aromatic carbocycles. The molecule has 0 aliphatic carbocycles. The van der Waals surface area contributed by atoms with Gasteiger partial charge >= 0.3 is 5.97 Å². The first-order valence-corrected chi connectivity index (χ1v) is 6.26. The molecule has 1 atom stereocenters. The van der Waals surface area contributed by atoms with Gasteiger partial charge in [0.25, 0.3) is 0 Å². The molecular weight excluding hydrogens is 238 g/mol. The van der Waals surface area contributed by atoms with Crippen LogP contribution in [0, 0.1) is 0 Å². The molecule has 1 amide bonds. The van der Waals surface area contributed by atoms with Crippen molar-refractivity contribution < 1.29 is 14.7 Å². The molecule has 17 heavy (non-hydrogen) atoms. The van der Waals surface area contributed by atoms with Crippen molar-refractivity contribution in [1.82, 2.24) is 5.32 Å². The number of aliphatic carboxylic acids is 1. The van der Waals surface area contributed by atoms with E-state index in [4.69, 9.17) is 5.11 Å². The van der Waals surface area contributed by atoms with Crippen molar-refractivity contribution >= 4 is 29.3 Å². The molecule has 92 valence electrons. The Morgan fingerprint density at radius 2 is 2.35 bits per heavy atom. The van der Waals surface area contributed by atoms with E-state index in [2.05, 4.69) is 5.32 Å². The predicted molar refractivity (Wildman–Crippen MR) is 67.8 cm³/mol. The Bertz CT molecular complexity index is 398. The van der Waals surface area contributed by atoms with Gasteiger partial charge in [-0.05, 0) is 23.9 Å². The van der Waals surface area contributed by atoms with E-state index in [-0.39, 0.29) is 5.91 Å². The van der Waals surface area contributed by atoms with E-state index >= 15 is 0 Å². The third-order valence-electron chi connectivity index (χ3n) is 2.13. The Labute approximate surface area is 104 Å². The van der Waals surface area contributed by atoms with Crippen LogP contribution in [-0.4, -0.2) is 23.0 Å². The molecule has 0 bridgehead atoms. The highest BCUT2D eigenvalue weighted by molar-refractivity contribution is 7.10. The molecule has 0 aliphatic heterocycles. The third-order valence-corrected chi connectivity index (χ3v) is 2.97. The standard InChI is InChI=1S/C12H15NO3S/c1-2-4-10(12(15)16)13-11(14)7-6-9-5-3-8-17-9/h3,5-8,10H,2,4H2,1H3,(H,13,14)(H,15,16)/b7-6+. The fourth-order valence-electron chi connectivity index (χ4n) is 1.31.